The van der Waals surface area contributed by atoms with Crippen LogP contribution in [0, 0.1) is 0 Å². The molecule has 1 aromatic carbocycles. The number of nitrogens with two attached hydrogens (primary N) is 1. The average molecular weight is 254 g/mol. The second-order valence-electron chi connectivity index (χ2n) is 3.97. The summed E-state index contributed by atoms with van der Waals surface area (Å²) in [6.07, 6.45) is 2.36. The highest BCUT2D eigenvalue weighted by Crippen LogP contribution is 2.21. The number of fused-ring (bicyclic) bond motifs is 1. The first-order chi connectivity index (χ1) is 7.99. The molecule has 0 radical (unpaired) electrons. The Bertz CT molecular complexity index is 631. The average Bonchev–Trinajstić information content (AvgIpc) is 2.59. The molecular weight excluding hydrogens is 240 g/mol. The van der Waals surface area contributed by atoms with Gasteiger partial charge in [-0.25, -0.2) is 13.6 Å². The van der Waals surface area contributed by atoms with Crippen LogP contribution in [0.15, 0.2) is 24.4 Å². The van der Waals surface area contributed by atoms with Gasteiger partial charge in [0.15, 0.2) is 0 Å². The summed E-state index contributed by atoms with van der Waals surface area (Å²) in [5, 5.41) is 14.9. The maximum atomic E-state index is 11.0. The fraction of sp³-hybridized carbons (Fsp3) is 0.273. The molecule has 0 fully saturated rings. The Labute approximate surface area is 99.3 Å². The van der Waals surface area contributed by atoms with Gasteiger partial charge in [-0.3, -0.25) is 0 Å². The lowest BCUT2D eigenvalue weighted by atomic mass is 10.1. The van der Waals surface area contributed by atoms with Crippen LogP contribution in [-0.4, -0.2) is 25.1 Å². The van der Waals surface area contributed by atoms with E-state index in [-0.39, 0.29) is 12.4 Å². The molecular formula is C11H14N2O3S. The predicted molar refractivity (Wildman–Crippen MR) is 65.9 cm³/mol. The zero-order valence-corrected chi connectivity index (χ0v) is 10.00. The number of nitrogens with one attached hydrogen (secondary N) is 1. The number of hydrogen-bond acceptors (Lipinski definition) is 3. The van der Waals surface area contributed by atoms with Crippen molar-refractivity contribution in [2.45, 2.75) is 12.2 Å². The topological polar surface area (TPSA) is 96.2 Å². The van der Waals surface area contributed by atoms with Crippen molar-refractivity contribution in [3.05, 3.63) is 35.5 Å². The molecule has 0 aliphatic carbocycles. The normalized spacial score (nSPS) is 12.1. The summed E-state index contributed by atoms with van der Waals surface area (Å²) < 4.78 is 22.0. The molecule has 0 aliphatic rings. The highest BCUT2D eigenvalue weighted by Gasteiger charge is 2.08. The summed E-state index contributed by atoms with van der Waals surface area (Å²) in [5.74, 6) is -0.174. The number of rotatable bonds is 4. The molecule has 0 unspecified atom stereocenters. The summed E-state index contributed by atoms with van der Waals surface area (Å²) in [5.41, 5.74) is 2.55. The van der Waals surface area contributed by atoms with Crippen LogP contribution in [-0.2, 0) is 22.2 Å². The van der Waals surface area contributed by atoms with Crippen molar-refractivity contribution in [1.82, 2.24) is 4.98 Å². The van der Waals surface area contributed by atoms with E-state index >= 15 is 0 Å². The van der Waals surface area contributed by atoms with Crippen molar-refractivity contribution in [2.75, 3.05) is 6.61 Å². The molecule has 0 bridgehead atoms. The zero-order valence-electron chi connectivity index (χ0n) is 9.18. The van der Waals surface area contributed by atoms with Gasteiger partial charge in [-0.2, -0.15) is 0 Å². The van der Waals surface area contributed by atoms with E-state index in [0.29, 0.717) is 12.0 Å². The van der Waals surface area contributed by atoms with Gasteiger partial charge in [-0.15, -0.1) is 0 Å². The largest absolute Gasteiger partial charge is 0.396 e. The summed E-state index contributed by atoms with van der Waals surface area (Å²) >= 11 is 0. The van der Waals surface area contributed by atoms with E-state index < -0.39 is 10.0 Å². The highest BCUT2D eigenvalue weighted by atomic mass is 32.2. The predicted octanol–water partition coefficient (Wildman–Crippen LogP) is 0.491. The van der Waals surface area contributed by atoms with Gasteiger partial charge in [0.25, 0.3) is 0 Å². The van der Waals surface area contributed by atoms with Crippen LogP contribution in [0.5, 0.6) is 0 Å². The van der Waals surface area contributed by atoms with E-state index in [0.717, 1.165) is 16.5 Å². The Kier molecular flexibility index (Phi) is 3.19. The van der Waals surface area contributed by atoms with Crippen molar-refractivity contribution in [3.63, 3.8) is 0 Å². The molecule has 0 amide bonds. The van der Waals surface area contributed by atoms with E-state index in [4.69, 9.17) is 10.2 Å². The third-order valence-corrected chi connectivity index (χ3v) is 3.32. The SMILES string of the molecule is NS(=O)(=O)Cc1ccc2[nH]cc(CCO)c2c1. The summed E-state index contributed by atoms with van der Waals surface area (Å²) in [4.78, 5) is 3.07. The van der Waals surface area contributed by atoms with Crippen molar-refractivity contribution >= 4 is 20.9 Å². The lowest BCUT2D eigenvalue weighted by molar-refractivity contribution is 0.300. The van der Waals surface area contributed by atoms with Gasteiger partial charge in [0.2, 0.25) is 10.0 Å². The number of aromatic nitrogens is 1. The molecule has 6 heteroatoms. The van der Waals surface area contributed by atoms with Crippen molar-refractivity contribution in [3.8, 4) is 0 Å². The van der Waals surface area contributed by atoms with E-state index in [2.05, 4.69) is 4.98 Å². The Balaban J connectivity index is 2.44. The van der Waals surface area contributed by atoms with Gasteiger partial charge in [0.1, 0.15) is 0 Å². The summed E-state index contributed by atoms with van der Waals surface area (Å²) in [7, 11) is -3.51. The quantitative estimate of drug-likeness (QED) is 0.741. The second-order valence-corrected chi connectivity index (χ2v) is 5.59. The molecule has 1 aromatic heterocycles. The molecule has 1 heterocycles. The van der Waals surface area contributed by atoms with Crippen molar-refractivity contribution in [1.29, 1.82) is 0 Å². The first kappa shape index (κ1) is 12.1. The smallest absolute Gasteiger partial charge is 0.213 e. The van der Waals surface area contributed by atoms with Crippen LogP contribution in [0.3, 0.4) is 0 Å². The maximum Gasteiger partial charge on any atom is 0.213 e. The van der Waals surface area contributed by atoms with Crippen LogP contribution < -0.4 is 5.14 Å². The van der Waals surface area contributed by atoms with Crippen LogP contribution in [0.25, 0.3) is 10.9 Å². The van der Waals surface area contributed by atoms with Crippen LogP contribution in [0.1, 0.15) is 11.1 Å². The lowest BCUT2D eigenvalue weighted by Gasteiger charge is -2.01. The number of aliphatic hydroxyl groups excluding tert-OH is 1. The van der Waals surface area contributed by atoms with Gasteiger partial charge in [0, 0.05) is 23.7 Å². The standard InChI is InChI=1S/C11H14N2O3S/c12-17(15,16)7-8-1-2-11-10(5-8)9(3-4-14)6-13-11/h1-2,5-6,13-14H,3-4,7H2,(H2,12,15,16). The van der Waals surface area contributed by atoms with Gasteiger partial charge >= 0.3 is 0 Å². The Morgan fingerprint density at radius 1 is 1.35 bits per heavy atom. The Morgan fingerprint density at radius 2 is 2.12 bits per heavy atom. The van der Waals surface area contributed by atoms with E-state index in [1.54, 1.807) is 12.1 Å². The summed E-state index contributed by atoms with van der Waals surface area (Å²) in [6.45, 7) is 0.0619. The molecule has 0 atom stereocenters. The first-order valence-electron chi connectivity index (χ1n) is 5.20. The molecule has 2 aromatic rings. The van der Waals surface area contributed by atoms with E-state index in [1.807, 2.05) is 12.3 Å². The number of aromatic amines is 1. The maximum absolute atomic E-state index is 11.0. The summed E-state index contributed by atoms with van der Waals surface area (Å²) in [6, 6.07) is 5.34. The Morgan fingerprint density at radius 3 is 2.76 bits per heavy atom. The molecule has 92 valence electrons. The third-order valence-electron chi connectivity index (χ3n) is 2.58. The number of hydrogen-bond donors (Lipinski definition) is 3. The van der Waals surface area contributed by atoms with Gasteiger partial charge in [-0.05, 0) is 29.7 Å². The molecule has 4 N–H and O–H groups in total. The number of benzene rings is 1. The van der Waals surface area contributed by atoms with E-state index in [9.17, 15) is 8.42 Å². The second kappa shape index (κ2) is 4.48. The van der Waals surface area contributed by atoms with Crippen molar-refractivity contribution < 1.29 is 13.5 Å². The van der Waals surface area contributed by atoms with Gasteiger partial charge in [-0.1, -0.05) is 6.07 Å². The number of H-pyrrole nitrogens is 1. The van der Waals surface area contributed by atoms with Gasteiger partial charge < -0.3 is 10.1 Å². The number of primary sulfonamides is 1. The van der Waals surface area contributed by atoms with Crippen LogP contribution >= 0.6 is 0 Å². The minimum atomic E-state index is -3.51. The minimum Gasteiger partial charge on any atom is -0.396 e. The third kappa shape index (κ3) is 2.85. The number of aliphatic hydroxyl groups is 1. The first-order valence-corrected chi connectivity index (χ1v) is 6.91. The molecule has 0 spiro atoms. The molecule has 17 heavy (non-hydrogen) atoms. The Hall–Kier alpha value is -1.37. The molecule has 0 saturated carbocycles. The number of sulfonamides is 1. The fourth-order valence-electron chi connectivity index (χ4n) is 1.87. The van der Waals surface area contributed by atoms with Crippen molar-refractivity contribution in [2.24, 2.45) is 5.14 Å². The molecule has 0 aliphatic heterocycles. The monoisotopic (exact) mass is 254 g/mol. The fourth-order valence-corrected chi connectivity index (χ4v) is 2.52. The molecule has 2 rings (SSSR count). The molecule has 0 saturated heterocycles. The van der Waals surface area contributed by atoms with Crippen LogP contribution in [0.2, 0.25) is 0 Å². The van der Waals surface area contributed by atoms with Crippen LogP contribution in [0.4, 0.5) is 0 Å². The highest BCUT2D eigenvalue weighted by molar-refractivity contribution is 7.88. The minimum absolute atomic E-state index is 0.0619. The lowest BCUT2D eigenvalue weighted by Crippen LogP contribution is -2.14. The van der Waals surface area contributed by atoms with E-state index in [1.165, 1.54) is 0 Å². The zero-order chi connectivity index (χ0) is 12.5. The molecule has 5 nitrogen and oxygen atoms in total. The van der Waals surface area contributed by atoms with Gasteiger partial charge in [0.05, 0.1) is 5.75 Å².